The van der Waals surface area contributed by atoms with Crippen molar-refractivity contribution in [3.05, 3.63) is 12.2 Å². The lowest BCUT2D eigenvalue weighted by molar-refractivity contribution is -0.870. The third-order valence-electron chi connectivity index (χ3n) is 2.59. The van der Waals surface area contributed by atoms with E-state index in [-0.39, 0.29) is 19.8 Å². The summed E-state index contributed by atoms with van der Waals surface area (Å²) in [6.45, 7) is 6.18. The van der Waals surface area contributed by atoms with Gasteiger partial charge in [-0.25, -0.2) is 9.36 Å². The molecule has 0 rings (SSSR count). The van der Waals surface area contributed by atoms with Gasteiger partial charge < -0.3 is 37.8 Å². The van der Waals surface area contributed by atoms with Gasteiger partial charge in [0.15, 0.2) is 0 Å². The topological polar surface area (TPSA) is 163 Å². The molecule has 0 saturated heterocycles. The van der Waals surface area contributed by atoms with E-state index >= 15 is 0 Å². The number of carbonyl (C=O) groups excluding carboxylic acids is 1. The fourth-order valence-corrected chi connectivity index (χ4v) is 2.20. The van der Waals surface area contributed by atoms with Crippen molar-refractivity contribution in [1.82, 2.24) is 0 Å². The average Bonchev–Trinajstić information content (AvgIpc) is 2.44. The maximum atomic E-state index is 11.5. The third-order valence-corrected chi connectivity index (χ3v) is 3.59. The summed E-state index contributed by atoms with van der Waals surface area (Å²) < 4.78 is 35.5. The predicted molar refractivity (Wildman–Crippen MR) is 96.3 cm³/mol. The molecule has 3 N–H and O–H groups in total. The predicted octanol–water partition coefficient (Wildman–Crippen LogP) is 0.555. The molecule has 0 aliphatic rings. The Hall–Kier alpha value is -0.610. The van der Waals surface area contributed by atoms with Gasteiger partial charge in [0.25, 0.3) is 7.82 Å². The minimum absolute atomic E-state index is 0.0146. The SMILES string of the molecule is C=C(C)C(=O)OCCCCOP(=O)([O-])OCCC[N+](C)(C)C.O=P(O)(O)O. The number of carbonyl (C=O) groups is 1. The van der Waals surface area contributed by atoms with Crippen molar-refractivity contribution in [3.8, 4) is 0 Å². The summed E-state index contributed by atoms with van der Waals surface area (Å²) in [6, 6.07) is 0. The smallest absolute Gasteiger partial charge is 0.466 e. The molecular formula is C14H31NO10P2. The molecule has 0 bridgehead atoms. The minimum Gasteiger partial charge on any atom is -0.756 e. The molecule has 0 heterocycles. The molecule has 0 fully saturated rings. The first kappa shape index (κ1) is 28.6. The highest BCUT2D eigenvalue weighted by molar-refractivity contribution is 7.45. The molecule has 1 unspecified atom stereocenters. The Morgan fingerprint density at radius 1 is 1.00 bits per heavy atom. The van der Waals surface area contributed by atoms with E-state index in [0.717, 1.165) is 11.0 Å². The van der Waals surface area contributed by atoms with Crippen molar-refractivity contribution < 1.29 is 51.8 Å². The Morgan fingerprint density at radius 2 is 1.41 bits per heavy atom. The van der Waals surface area contributed by atoms with Crippen LogP contribution in [0.1, 0.15) is 26.2 Å². The van der Waals surface area contributed by atoms with Gasteiger partial charge in [0.1, 0.15) is 0 Å². The maximum Gasteiger partial charge on any atom is 0.466 e. The Morgan fingerprint density at radius 3 is 1.81 bits per heavy atom. The van der Waals surface area contributed by atoms with E-state index in [1.54, 1.807) is 6.92 Å². The molecule has 0 aromatic carbocycles. The lowest BCUT2D eigenvalue weighted by Gasteiger charge is -2.26. The van der Waals surface area contributed by atoms with Crippen LogP contribution in [0.3, 0.4) is 0 Å². The van der Waals surface area contributed by atoms with Crippen LogP contribution in [0, 0.1) is 0 Å². The molecule has 0 saturated carbocycles. The van der Waals surface area contributed by atoms with Crippen LogP contribution < -0.4 is 4.89 Å². The highest BCUT2D eigenvalue weighted by atomic mass is 31.2. The Bertz CT molecular complexity index is 532. The third kappa shape index (κ3) is 27.7. The van der Waals surface area contributed by atoms with Crippen LogP contribution in [0.2, 0.25) is 0 Å². The van der Waals surface area contributed by atoms with Crippen LogP contribution in [0.15, 0.2) is 12.2 Å². The van der Waals surface area contributed by atoms with E-state index in [0.29, 0.717) is 24.8 Å². The van der Waals surface area contributed by atoms with Crippen molar-refractivity contribution in [2.24, 2.45) is 0 Å². The second-order valence-corrected chi connectivity index (χ2v) is 9.06. The van der Waals surface area contributed by atoms with E-state index in [4.69, 9.17) is 33.0 Å². The van der Waals surface area contributed by atoms with Gasteiger partial charge >= 0.3 is 13.8 Å². The molecular weight excluding hydrogens is 404 g/mol. The molecule has 0 aromatic rings. The van der Waals surface area contributed by atoms with E-state index in [1.807, 2.05) is 21.1 Å². The van der Waals surface area contributed by atoms with Crippen LogP contribution in [0.25, 0.3) is 0 Å². The molecule has 27 heavy (non-hydrogen) atoms. The molecule has 13 heteroatoms. The van der Waals surface area contributed by atoms with E-state index in [1.165, 1.54) is 0 Å². The number of rotatable bonds is 12. The Balaban J connectivity index is 0. The fourth-order valence-electron chi connectivity index (χ4n) is 1.42. The zero-order valence-electron chi connectivity index (χ0n) is 16.2. The highest BCUT2D eigenvalue weighted by Crippen LogP contribution is 2.38. The fraction of sp³-hybridized carbons (Fsp3) is 0.786. The van der Waals surface area contributed by atoms with Crippen molar-refractivity contribution in [3.63, 3.8) is 0 Å². The zero-order chi connectivity index (χ0) is 21.7. The second-order valence-electron chi connectivity index (χ2n) is 6.62. The van der Waals surface area contributed by atoms with Crippen LogP contribution in [0.4, 0.5) is 0 Å². The van der Waals surface area contributed by atoms with Crippen LogP contribution in [0.5, 0.6) is 0 Å². The largest absolute Gasteiger partial charge is 0.756 e. The minimum atomic E-state index is -4.64. The summed E-state index contributed by atoms with van der Waals surface area (Å²) in [6.07, 6.45) is 1.61. The van der Waals surface area contributed by atoms with Gasteiger partial charge in [0.2, 0.25) is 0 Å². The summed E-state index contributed by atoms with van der Waals surface area (Å²) in [4.78, 5) is 44.1. The lowest BCUT2D eigenvalue weighted by Crippen LogP contribution is -2.35. The summed E-state index contributed by atoms with van der Waals surface area (Å²) >= 11 is 0. The number of nitrogens with zero attached hydrogens (tertiary/aromatic N) is 1. The number of phosphoric acid groups is 2. The van der Waals surface area contributed by atoms with Gasteiger partial charge in [-0.15, -0.1) is 0 Å². The molecule has 162 valence electrons. The molecule has 0 spiro atoms. The second kappa shape index (κ2) is 13.5. The number of quaternary nitrogens is 1. The molecule has 0 aliphatic carbocycles. The van der Waals surface area contributed by atoms with Crippen LogP contribution in [-0.2, 0) is 27.7 Å². The number of hydrogen-bond donors (Lipinski definition) is 3. The number of esters is 1. The van der Waals surface area contributed by atoms with Gasteiger partial charge in [-0.2, -0.15) is 0 Å². The summed E-state index contributed by atoms with van der Waals surface area (Å²) in [5.41, 5.74) is 0.336. The Kier molecular flexibility index (Phi) is 14.3. The molecule has 0 aliphatic heterocycles. The quantitative estimate of drug-likeness (QED) is 0.130. The first-order valence-corrected chi connectivity index (χ1v) is 11.1. The first-order valence-electron chi connectivity index (χ1n) is 8.05. The van der Waals surface area contributed by atoms with Gasteiger partial charge in [0.05, 0.1) is 47.5 Å². The average molecular weight is 435 g/mol. The van der Waals surface area contributed by atoms with Gasteiger partial charge in [-0.3, -0.25) is 4.57 Å². The van der Waals surface area contributed by atoms with E-state index < -0.39 is 21.6 Å². The van der Waals surface area contributed by atoms with Gasteiger partial charge in [0, 0.05) is 12.0 Å². The standard InChI is InChI=1S/C14H28NO6P.H3O4P/c1-13(2)14(16)19-10-6-7-11-20-22(17,18)21-12-8-9-15(3,4)5;1-5(2,3)4/h1,6-12H2,2-5H3;(H3,1,2,3,4). The molecule has 0 aromatic heterocycles. The van der Waals surface area contributed by atoms with Gasteiger partial charge in [-0.05, 0) is 19.8 Å². The normalized spacial score (nSPS) is 13.9. The van der Waals surface area contributed by atoms with Crippen molar-refractivity contribution >= 4 is 21.6 Å². The van der Waals surface area contributed by atoms with Crippen LogP contribution >= 0.6 is 15.6 Å². The molecule has 11 nitrogen and oxygen atoms in total. The molecule has 1 atom stereocenters. The monoisotopic (exact) mass is 435 g/mol. The Labute approximate surface area is 160 Å². The molecule has 0 radical (unpaired) electrons. The van der Waals surface area contributed by atoms with Crippen LogP contribution in [-0.4, -0.2) is 72.6 Å². The lowest BCUT2D eigenvalue weighted by atomic mass is 10.3. The molecule has 0 amide bonds. The zero-order valence-corrected chi connectivity index (χ0v) is 18.0. The number of hydrogen-bond acceptors (Lipinski definition) is 7. The maximum absolute atomic E-state index is 11.5. The summed E-state index contributed by atoms with van der Waals surface area (Å²) in [5, 5.41) is 0. The van der Waals surface area contributed by atoms with Crippen molar-refractivity contribution in [2.45, 2.75) is 26.2 Å². The number of phosphoric ester groups is 1. The van der Waals surface area contributed by atoms with E-state index in [2.05, 4.69) is 6.58 Å². The number of ether oxygens (including phenoxy) is 1. The highest BCUT2D eigenvalue weighted by Gasteiger charge is 2.11. The van der Waals surface area contributed by atoms with Gasteiger partial charge in [-0.1, -0.05) is 6.58 Å². The summed E-state index contributed by atoms with van der Waals surface area (Å²) in [5.74, 6) is -0.448. The number of unbranched alkanes of at least 4 members (excludes halogenated alkanes) is 1. The first-order chi connectivity index (χ1) is 12.0. The van der Waals surface area contributed by atoms with Crippen molar-refractivity contribution in [2.75, 3.05) is 47.5 Å². The van der Waals surface area contributed by atoms with E-state index in [9.17, 15) is 14.3 Å². The summed E-state index contributed by atoms with van der Waals surface area (Å²) in [7, 11) is -2.81. The van der Waals surface area contributed by atoms with Crippen molar-refractivity contribution in [1.29, 1.82) is 0 Å².